The van der Waals surface area contributed by atoms with Crippen molar-refractivity contribution in [3.8, 4) is 0 Å². The maximum absolute atomic E-state index is 14.1. The fourth-order valence-electron chi connectivity index (χ4n) is 8.19. The Morgan fingerprint density at radius 3 is 2.09 bits per heavy atom. The highest BCUT2D eigenvalue weighted by Crippen LogP contribution is 2.44. The molecule has 3 fully saturated rings. The van der Waals surface area contributed by atoms with Gasteiger partial charge in [-0.05, 0) is 97.6 Å². The van der Waals surface area contributed by atoms with Crippen LogP contribution in [0, 0.1) is 11.8 Å². The van der Waals surface area contributed by atoms with Crippen LogP contribution in [0.5, 0.6) is 0 Å². The summed E-state index contributed by atoms with van der Waals surface area (Å²) in [6.45, 7) is 36.4. The number of rotatable bonds is 19. The quantitative estimate of drug-likeness (QED) is 0.100. The molecular formula is C46H80O8SSi2. The normalized spacial score (nSPS) is 29.9. The highest BCUT2D eigenvalue weighted by Gasteiger charge is 2.50. The lowest BCUT2D eigenvalue weighted by Crippen LogP contribution is -2.49. The van der Waals surface area contributed by atoms with Crippen molar-refractivity contribution in [3.05, 3.63) is 54.6 Å². The molecule has 0 spiro atoms. The van der Waals surface area contributed by atoms with Gasteiger partial charge in [-0.3, -0.25) is 0 Å². The van der Waals surface area contributed by atoms with Gasteiger partial charge in [0.15, 0.2) is 26.5 Å². The predicted octanol–water partition coefficient (Wildman–Crippen LogP) is 11.1. The van der Waals surface area contributed by atoms with Gasteiger partial charge in [0.1, 0.15) is 0 Å². The Kier molecular flexibility index (Phi) is 16.8. The van der Waals surface area contributed by atoms with E-state index >= 15 is 0 Å². The molecule has 1 aromatic rings. The van der Waals surface area contributed by atoms with Crippen LogP contribution in [0.4, 0.5) is 0 Å². The number of unbranched alkanes of at least 4 members (excludes halogenated alkanes) is 1. The van der Waals surface area contributed by atoms with Crippen molar-refractivity contribution >= 4 is 26.5 Å². The summed E-state index contributed by atoms with van der Waals surface area (Å²) in [6, 6.07) is 8.74. The molecule has 3 aliphatic rings. The van der Waals surface area contributed by atoms with Crippen LogP contribution in [-0.2, 0) is 37.6 Å². The van der Waals surface area contributed by atoms with E-state index in [4.69, 9.17) is 27.8 Å². The number of methoxy groups -OCH3 is 1. The van der Waals surface area contributed by atoms with Crippen LogP contribution in [0.15, 0.2) is 59.5 Å². The lowest BCUT2D eigenvalue weighted by Gasteiger charge is -2.42. The van der Waals surface area contributed by atoms with Crippen molar-refractivity contribution in [3.63, 3.8) is 0 Å². The van der Waals surface area contributed by atoms with Crippen LogP contribution >= 0.6 is 0 Å². The molecule has 4 rings (SSSR count). The van der Waals surface area contributed by atoms with Gasteiger partial charge in [0, 0.05) is 25.9 Å². The van der Waals surface area contributed by atoms with Gasteiger partial charge < -0.3 is 27.8 Å². The highest BCUT2D eigenvalue weighted by atomic mass is 32.2. The molecule has 3 heterocycles. The zero-order valence-corrected chi connectivity index (χ0v) is 40.8. The summed E-state index contributed by atoms with van der Waals surface area (Å²) in [7, 11) is -6.31. The summed E-state index contributed by atoms with van der Waals surface area (Å²) in [4.78, 5) is 0.309. The summed E-state index contributed by atoms with van der Waals surface area (Å²) >= 11 is 0. The molecule has 0 saturated carbocycles. The summed E-state index contributed by atoms with van der Waals surface area (Å²) in [5, 5.41) is 0.0377. The van der Waals surface area contributed by atoms with Gasteiger partial charge in [-0.2, -0.15) is 0 Å². The molecule has 3 aliphatic heterocycles. The monoisotopic (exact) mass is 849 g/mol. The van der Waals surface area contributed by atoms with Gasteiger partial charge in [0.2, 0.25) is 0 Å². The standard InChI is InChI=1S/C46H80O8SSi2/c1-16-17-21-35-27-33(3)40(51-35)25-24-36-26-32(2)34(4)41(52-36)29-42-39(31-55(47,48)38-22-19-18-20-23-38)44(49-11)43(53-42)28-37(54-57(14,15)46(8,9)10)30-50-56(12,13)45(5,6)7/h18-20,22-23,32,35-37,39-44H,3-4,16-17,21,24-31H2,1-2,5-15H3/t32-,35+,36+,37-,39+,40?,41?,42+,43-,44-/m1/s1. The molecule has 0 radical (unpaired) electrons. The third-order valence-corrected chi connectivity index (χ3v) is 24.8. The Labute approximate surface area is 350 Å². The van der Waals surface area contributed by atoms with Gasteiger partial charge in [-0.15, -0.1) is 0 Å². The zero-order valence-electron chi connectivity index (χ0n) is 38.0. The van der Waals surface area contributed by atoms with Crippen molar-refractivity contribution in [1.29, 1.82) is 0 Å². The van der Waals surface area contributed by atoms with Crippen molar-refractivity contribution < 1.29 is 36.2 Å². The molecule has 0 amide bonds. The molecule has 0 aromatic heterocycles. The molecule has 0 aliphatic carbocycles. The van der Waals surface area contributed by atoms with Crippen molar-refractivity contribution in [1.82, 2.24) is 0 Å². The number of benzene rings is 1. The second kappa shape index (κ2) is 19.7. The predicted molar refractivity (Wildman–Crippen MR) is 239 cm³/mol. The van der Waals surface area contributed by atoms with Gasteiger partial charge in [-0.1, -0.05) is 99.6 Å². The maximum Gasteiger partial charge on any atom is 0.192 e. The Morgan fingerprint density at radius 1 is 0.860 bits per heavy atom. The van der Waals surface area contributed by atoms with Crippen LogP contribution in [0.1, 0.15) is 113 Å². The van der Waals surface area contributed by atoms with Crippen molar-refractivity contribution in [2.75, 3.05) is 19.5 Å². The second-order valence-corrected chi connectivity index (χ2v) is 32.1. The molecule has 326 valence electrons. The molecule has 0 bridgehead atoms. The van der Waals surface area contributed by atoms with E-state index in [2.05, 4.69) is 94.7 Å². The van der Waals surface area contributed by atoms with E-state index in [-0.39, 0.29) is 52.3 Å². The molecule has 10 atom stereocenters. The van der Waals surface area contributed by atoms with Gasteiger partial charge in [0.05, 0.1) is 66.1 Å². The largest absolute Gasteiger partial charge is 0.414 e. The van der Waals surface area contributed by atoms with E-state index in [1.807, 2.05) is 6.07 Å². The first kappa shape index (κ1) is 48.5. The van der Waals surface area contributed by atoms with Crippen molar-refractivity contribution in [2.45, 2.75) is 203 Å². The molecule has 0 N–H and O–H groups in total. The minimum absolute atomic E-state index is 0.00590. The van der Waals surface area contributed by atoms with E-state index in [1.54, 1.807) is 31.4 Å². The summed E-state index contributed by atoms with van der Waals surface area (Å²) in [6.07, 6.45) is 6.65. The topological polar surface area (TPSA) is 89.5 Å². The first-order chi connectivity index (χ1) is 26.4. The smallest absolute Gasteiger partial charge is 0.192 e. The van der Waals surface area contributed by atoms with Crippen LogP contribution in [0.25, 0.3) is 0 Å². The molecule has 1 aromatic carbocycles. The minimum Gasteiger partial charge on any atom is -0.414 e. The molecular weight excluding hydrogens is 769 g/mol. The van der Waals surface area contributed by atoms with Gasteiger partial charge in [0.25, 0.3) is 0 Å². The Morgan fingerprint density at radius 2 is 1.49 bits per heavy atom. The third-order valence-electron chi connectivity index (χ3n) is 14.0. The highest BCUT2D eigenvalue weighted by molar-refractivity contribution is 7.91. The van der Waals surface area contributed by atoms with Gasteiger partial charge >= 0.3 is 0 Å². The van der Waals surface area contributed by atoms with Crippen LogP contribution in [0.3, 0.4) is 0 Å². The van der Waals surface area contributed by atoms with E-state index in [9.17, 15) is 8.42 Å². The van der Waals surface area contributed by atoms with Crippen LogP contribution in [-0.4, -0.2) is 93.4 Å². The SMILES string of the molecule is C=C1C[C@H](CCCC)OC1CC[C@H]1C[C@@H](C)C(=C)C(C[C@@H]2O[C@H](C[C@H](CO[Si](C)(C)C(C)(C)C)O[Si](C)(C)C(C)(C)C)[C@H](OC)[C@H]2CS(=O)(=O)c2ccccc2)O1. The van der Waals surface area contributed by atoms with E-state index < -0.39 is 50.7 Å². The maximum atomic E-state index is 14.1. The Balaban J connectivity index is 1.59. The number of sulfone groups is 1. The average Bonchev–Trinajstić information content (AvgIpc) is 3.63. The molecule has 57 heavy (non-hydrogen) atoms. The Bertz CT molecular complexity index is 1570. The summed E-state index contributed by atoms with van der Waals surface area (Å²) < 4.78 is 68.8. The third kappa shape index (κ3) is 12.7. The molecule has 8 nitrogen and oxygen atoms in total. The molecule has 3 saturated heterocycles. The van der Waals surface area contributed by atoms with E-state index in [0.717, 1.165) is 37.7 Å². The average molecular weight is 849 g/mol. The molecule has 2 unspecified atom stereocenters. The summed E-state index contributed by atoms with van der Waals surface area (Å²) in [5.74, 6) is -0.262. The van der Waals surface area contributed by atoms with E-state index in [1.165, 1.54) is 18.4 Å². The number of hydrogen-bond donors (Lipinski definition) is 0. The summed E-state index contributed by atoms with van der Waals surface area (Å²) in [5.41, 5.74) is 2.24. The van der Waals surface area contributed by atoms with Crippen LogP contribution < -0.4 is 0 Å². The van der Waals surface area contributed by atoms with Crippen molar-refractivity contribution in [2.24, 2.45) is 11.8 Å². The minimum atomic E-state index is -3.66. The Hall–Kier alpha value is -1.16. The van der Waals surface area contributed by atoms with E-state index in [0.29, 0.717) is 24.3 Å². The fraction of sp³-hybridized carbons (Fsp3) is 0.783. The van der Waals surface area contributed by atoms with Crippen LogP contribution in [0.2, 0.25) is 36.3 Å². The number of hydrogen-bond acceptors (Lipinski definition) is 8. The number of ether oxygens (including phenoxy) is 4. The first-order valence-electron chi connectivity index (χ1n) is 21.8. The lowest BCUT2D eigenvalue weighted by molar-refractivity contribution is -0.0782. The first-order valence-corrected chi connectivity index (χ1v) is 29.3. The fourth-order valence-corrected chi connectivity index (χ4v) is 12.3. The zero-order chi connectivity index (χ0) is 42.6. The molecule has 11 heteroatoms. The lowest BCUT2D eigenvalue weighted by atomic mass is 9.83. The second-order valence-electron chi connectivity index (χ2n) is 20.5. The van der Waals surface area contributed by atoms with Gasteiger partial charge in [-0.25, -0.2) is 8.42 Å².